The molecular weight excluding hydrogens is 458 g/mol. The van der Waals surface area contributed by atoms with E-state index < -0.39 is 6.10 Å². The number of aliphatic hydroxyl groups excluding tert-OH is 1. The number of ether oxygens (including phenoxy) is 1. The zero-order valence-corrected chi connectivity index (χ0v) is 21.6. The molecule has 0 unspecified atom stereocenters. The normalized spacial score (nSPS) is 18.3. The first-order valence-electron chi connectivity index (χ1n) is 12.0. The van der Waals surface area contributed by atoms with E-state index in [1.165, 1.54) is 0 Å². The van der Waals surface area contributed by atoms with E-state index in [1.807, 2.05) is 38.1 Å². The summed E-state index contributed by atoms with van der Waals surface area (Å²) in [5, 5.41) is 9.82. The summed E-state index contributed by atoms with van der Waals surface area (Å²) >= 11 is 0. The first-order chi connectivity index (χ1) is 17.2. The number of nitrogens with zero attached hydrogens (tertiary/aromatic N) is 5. The van der Waals surface area contributed by atoms with Crippen LogP contribution < -0.4 is 4.74 Å². The van der Waals surface area contributed by atoms with E-state index >= 15 is 0 Å². The summed E-state index contributed by atoms with van der Waals surface area (Å²) in [5.74, 6) is 5.88. The van der Waals surface area contributed by atoms with Crippen LogP contribution in [0, 0.1) is 17.8 Å². The first-order valence-corrected chi connectivity index (χ1v) is 12.0. The van der Waals surface area contributed by atoms with Crippen molar-refractivity contribution in [2.24, 2.45) is 5.92 Å². The molecule has 3 atom stereocenters. The Bertz CT molecular complexity index is 1110. The van der Waals surface area contributed by atoms with Crippen molar-refractivity contribution >= 4 is 11.8 Å². The fourth-order valence-corrected chi connectivity index (χ4v) is 3.87. The molecule has 2 amide bonds. The molecule has 0 spiro atoms. The fraction of sp³-hybridized carbons (Fsp3) is 0.481. The lowest BCUT2D eigenvalue weighted by Gasteiger charge is -2.37. The van der Waals surface area contributed by atoms with Crippen LogP contribution in [0.25, 0.3) is 0 Å². The first kappa shape index (κ1) is 27.1. The summed E-state index contributed by atoms with van der Waals surface area (Å²) in [6.07, 6.45) is 4.78. The average Bonchev–Trinajstić information content (AvgIpc) is 2.86. The van der Waals surface area contributed by atoms with Crippen molar-refractivity contribution < 1.29 is 19.4 Å². The van der Waals surface area contributed by atoms with Gasteiger partial charge in [0, 0.05) is 43.7 Å². The Kier molecular flexibility index (Phi) is 9.39. The van der Waals surface area contributed by atoms with Crippen LogP contribution in [0.3, 0.4) is 0 Å². The standard InChI is InChI=1S/C27H35N5O4/c1-19-16-32(20(2)18-33)27(35)23-13-22(7-6-12-30(3)4)15-29-26(23)36-24(19)17-31(5)25(34)14-21-8-10-28-11-9-21/h8-11,13,15,19-20,24,33H,12,14,16-18H2,1-5H3/t19-,20+,24+/m1/s1. The molecular formula is C27H35N5O4. The maximum Gasteiger partial charge on any atom is 0.259 e. The molecule has 0 radical (unpaired) electrons. The number of pyridine rings is 2. The van der Waals surface area contributed by atoms with Crippen LogP contribution in [-0.4, -0.2) is 101 Å². The van der Waals surface area contributed by atoms with Crippen molar-refractivity contribution in [3.05, 3.63) is 53.5 Å². The molecule has 9 nitrogen and oxygen atoms in total. The van der Waals surface area contributed by atoms with E-state index in [1.54, 1.807) is 48.4 Å². The van der Waals surface area contributed by atoms with Gasteiger partial charge in [0.2, 0.25) is 11.8 Å². The fourth-order valence-electron chi connectivity index (χ4n) is 3.87. The van der Waals surface area contributed by atoms with Crippen molar-refractivity contribution in [2.75, 3.05) is 47.4 Å². The molecule has 0 saturated heterocycles. The minimum absolute atomic E-state index is 0.0459. The van der Waals surface area contributed by atoms with Gasteiger partial charge in [-0.1, -0.05) is 18.8 Å². The molecule has 0 fully saturated rings. The number of aromatic nitrogens is 2. The number of amides is 2. The average molecular weight is 494 g/mol. The molecule has 3 rings (SSSR count). The Hall–Kier alpha value is -3.48. The Balaban J connectivity index is 1.87. The summed E-state index contributed by atoms with van der Waals surface area (Å²) in [6, 6.07) is 4.94. The van der Waals surface area contributed by atoms with Gasteiger partial charge in [0.1, 0.15) is 11.7 Å². The van der Waals surface area contributed by atoms with Gasteiger partial charge >= 0.3 is 0 Å². The van der Waals surface area contributed by atoms with Crippen LogP contribution in [0.1, 0.15) is 35.3 Å². The van der Waals surface area contributed by atoms with E-state index in [2.05, 4.69) is 21.8 Å². The lowest BCUT2D eigenvalue weighted by Crippen LogP contribution is -2.50. The molecule has 0 saturated carbocycles. The summed E-state index contributed by atoms with van der Waals surface area (Å²) < 4.78 is 6.27. The van der Waals surface area contributed by atoms with Gasteiger partial charge in [0.15, 0.2) is 0 Å². The summed E-state index contributed by atoms with van der Waals surface area (Å²) in [4.78, 5) is 40.0. The molecule has 1 N–H and O–H groups in total. The van der Waals surface area contributed by atoms with Gasteiger partial charge in [-0.25, -0.2) is 4.98 Å². The van der Waals surface area contributed by atoms with Crippen molar-refractivity contribution in [3.63, 3.8) is 0 Å². The highest BCUT2D eigenvalue weighted by Gasteiger charge is 2.34. The third-order valence-corrected chi connectivity index (χ3v) is 6.13. The van der Waals surface area contributed by atoms with E-state index in [0.29, 0.717) is 30.8 Å². The van der Waals surface area contributed by atoms with Gasteiger partial charge in [0.25, 0.3) is 5.91 Å². The number of carbonyl (C=O) groups excluding carboxylic acids is 2. The second-order valence-corrected chi connectivity index (χ2v) is 9.55. The number of likely N-dealkylation sites (N-methyl/N-ethyl adjacent to an activating group) is 1. The largest absolute Gasteiger partial charge is 0.472 e. The Labute approximate surface area is 213 Å². The minimum Gasteiger partial charge on any atom is -0.472 e. The second-order valence-electron chi connectivity index (χ2n) is 9.55. The van der Waals surface area contributed by atoms with Gasteiger partial charge in [-0.05, 0) is 44.8 Å². The third kappa shape index (κ3) is 7.03. The molecule has 3 heterocycles. The Morgan fingerprint density at radius 3 is 2.69 bits per heavy atom. The molecule has 1 aliphatic heterocycles. The molecule has 36 heavy (non-hydrogen) atoms. The zero-order valence-electron chi connectivity index (χ0n) is 21.6. The van der Waals surface area contributed by atoms with Crippen LogP contribution in [-0.2, 0) is 11.2 Å². The molecule has 192 valence electrons. The highest BCUT2D eigenvalue weighted by atomic mass is 16.5. The molecule has 0 bridgehead atoms. The lowest BCUT2D eigenvalue weighted by atomic mass is 9.99. The molecule has 9 heteroatoms. The Morgan fingerprint density at radius 1 is 1.31 bits per heavy atom. The number of hydrogen-bond donors (Lipinski definition) is 1. The third-order valence-electron chi connectivity index (χ3n) is 6.13. The summed E-state index contributed by atoms with van der Waals surface area (Å²) in [6.45, 7) is 4.89. The lowest BCUT2D eigenvalue weighted by molar-refractivity contribution is -0.130. The van der Waals surface area contributed by atoms with Gasteiger partial charge in [0.05, 0.1) is 32.2 Å². The zero-order chi connectivity index (χ0) is 26.2. The van der Waals surface area contributed by atoms with E-state index in [4.69, 9.17) is 4.74 Å². The Morgan fingerprint density at radius 2 is 2.03 bits per heavy atom. The van der Waals surface area contributed by atoms with Crippen LogP contribution >= 0.6 is 0 Å². The predicted molar refractivity (Wildman–Crippen MR) is 136 cm³/mol. The maximum atomic E-state index is 13.5. The van der Waals surface area contributed by atoms with Crippen LogP contribution in [0.2, 0.25) is 0 Å². The highest BCUT2D eigenvalue weighted by Crippen LogP contribution is 2.27. The highest BCUT2D eigenvalue weighted by molar-refractivity contribution is 5.97. The smallest absolute Gasteiger partial charge is 0.259 e. The quantitative estimate of drug-likeness (QED) is 0.581. The van der Waals surface area contributed by atoms with Gasteiger partial charge < -0.3 is 19.6 Å². The van der Waals surface area contributed by atoms with Crippen molar-refractivity contribution in [2.45, 2.75) is 32.4 Å². The van der Waals surface area contributed by atoms with E-state index in [-0.39, 0.29) is 42.7 Å². The van der Waals surface area contributed by atoms with Gasteiger partial charge in [-0.2, -0.15) is 0 Å². The molecule has 1 aliphatic rings. The molecule has 2 aromatic heterocycles. The number of carbonyl (C=O) groups is 2. The van der Waals surface area contributed by atoms with Crippen LogP contribution in [0.5, 0.6) is 5.88 Å². The minimum atomic E-state index is -0.408. The SMILES string of the molecule is C[C@@H]1CN([C@@H](C)CO)C(=O)c2cc(C#CCN(C)C)cnc2O[C@H]1CN(C)C(=O)Cc1ccncc1. The van der Waals surface area contributed by atoms with Crippen molar-refractivity contribution in [1.82, 2.24) is 24.7 Å². The van der Waals surface area contributed by atoms with Crippen molar-refractivity contribution in [3.8, 4) is 17.7 Å². The number of aliphatic hydroxyl groups is 1. The predicted octanol–water partition coefficient (Wildman–Crippen LogP) is 1.31. The maximum absolute atomic E-state index is 13.5. The molecule has 0 aliphatic carbocycles. The van der Waals surface area contributed by atoms with Gasteiger partial charge in [-0.3, -0.25) is 19.5 Å². The number of rotatable bonds is 7. The summed E-state index contributed by atoms with van der Waals surface area (Å²) in [7, 11) is 5.60. The topological polar surface area (TPSA) is 99.1 Å². The van der Waals surface area contributed by atoms with E-state index in [0.717, 1.165) is 5.56 Å². The number of hydrogen-bond acceptors (Lipinski definition) is 7. The monoisotopic (exact) mass is 493 g/mol. The van der Waals surface area contributed by atoms with Crippen molar-refractivity contribution in [1.29, 1.82) is 0 Å². The molecule has 0 aromatic carbocycles. The number of fused-ring (bicyclic) bond motifs is 1. The van der Waals surface area contributed by atoms with Gasteiger partial charge in [-0.15, -0.1) is 0 Å². The van der Waals surface area contributed by atoms with E-state index in [9.17, 15) is 14.7 Å². The van der Waals surface area contributed by atoms with Crippen LogP contribution in [0.15, 0.2) is 36.8 Å². The van der Waals surface area contributed by atoms with Crippen LogP contribution in [0.4, 0.5) is 0 Å². The molecule has 2 aromatic rings. The second kappa shape index (κ2) is 12.5. The summed E-state index contributed by atoms with van der Waals surface area (Å²) in [5.41, 5.74) is 1.80.